The van der Waals surface area contributed by atoms with E-state index >= 15 is 0 Å². The lowest BCUT2D eigenvalue weighted by Crippen LogP contribution is -2.08. The first-order valence-electron chi connectivity index (χ1n) is 6.85. The normalized spacial score (nSPS) is 12.0. The monoisotopic (exact) mass is 240 g/mol. The molecule has 0 amide bonds. The number of hydrogen-bond donors (Lipinski definition) is 0. The summed E-state index contributed by atoms with van der Waals surface area (Å²) >= 11 is 0. The molecule has 0 aromatic rings. The molecule has 0 radical (unpaired) electrons. The van der Waals surface area contributed by atoms with Gasteiger partial charge in [0.15, 0.2) is 0 Å². The van der Waals surface area contributed by atoms with Crippen molar-refractivity contribution in [2.24, 2.45) is 5.92 Å². The highest BCUT2D eigenvalue weighted by molar-refractivity contribution is 5.69. The van der Waals surface area contributed by atoms with E-state index < -0.39 is 0 Å². The van der Waals surface area contributed by atoms with E-state index in [-0.39, 0.29) is 5.97 Å². The van der Waals surface area contributed by atoms with E-state index in [2.05, 4.69) is 33.8 Å². The van der Waals surface area contributed by atoms with Crippen molar-refractivity contribution in [3.05, 3.63) is 11.6 Å². The average molecular weight is 240 g/mol. The van der Waals surface area contributed by atoms with Crippen LogP contribution in [0.1, 0.15) is 66.2 Å². The van der Waals surface area contributed by atoms with Gasteiger partial charge in [0.05, 0.1) is 6.61 Å². The summed E-state index contributed by atoms with van der Waals surface area (Å²) in [5.41, 5.74) is 1.38. The summed E-state index contributed by atoms with van der Waals surface area (Å²) in [6.07, 6.45) is 8.12. The summed E-state index contributed by atoms with van der Waals surface area (Å²) in [5.74, 6) is 0.591. The Morgan fingerprint density at radius 1 is 1.29 bits per heavy atom. The molecule has 100 valence electrons. The fraction of sp³-hybridized carbons (Fsp3) is 0.800. The number of ether oxygens (including phenoxy) is 1. The van der Waals surface area contributed by atoms with E-state index in [1.807, 2.05) is 0 Å². The number of hydrogen-bond acceptors (Lipinski definition) is 2. The molecule has 0 heterocycles. The van der Waals surface area contributed by atoms with Crippen LogP contribution in [0.25, 0.3) is 0 Å². The van der Waals surface area contributed by atoms with Crippen LogP contribution in [0.15, 0.2) is 11.6 Å². The molecular formula is C15H28O2. The zero-order valence-electron chi connectivity index (χ0n) is 11.9. The van der Waals surface area contributed by atoms with Crippen molar-refractivity contribution in [1.29, 1.82) is 0 Å². The summed E-state index contributed by atoms with van der Waals surface area (Å²) in [7, 11) is 0. The van der Waals surface area contributed by atoms with E-state index in [0.717, 1.165) is 25.7 Å². The smallest absolute Gasteiger partial charge is 0.305 e. The lowest BCUT2D eigenvalue weighted by molar-refractivity contribution is -0.144. The Morgan fingerprint density at radius 3 is 2.59 bits per heavy atom. The van der Waals surface area contributed by atoms with Crippen molar-refractivity contribution in [3.63, 3.8) is 0 Å². The van der Waals surface area contributed by atoms with E-state index in [9.17, 15) is 4.79 Å². The molecule has 0 aliphatic heterocycles. The number of unbranched alkanes of at least 4 members (excludes halogenated alkanes) is 1. The fourth-order valence-corrected chi connectivity index (χ4v) is 1.57. The predicted molar refractivity (Wildman–Crippen MR) is 72.9 cm³/mol. The van der Waals surface area contributed by atoms with Crippen LogP contribution in [0.2, 0.25) is 0 Å². The molecule has 0 aromatic carbocycles. The Bertz CT molecular complexity index is 227. The highest BCUT2D eigenvalue weighted by Gasteiger charge is 2.04. The summed E-state index contributed by atoms with van der Waals surface area (Å²) in [5, 5.41) is 0. The molecule has 0 unspecified atom stereocenters. The van der Waals surface area contributed by atoms with Crippen LogP contribution in [-0.2, 0) is 9.53 Å². The predicted octanol–water partition coefficient (Wildman–Crippen LogP) is 4.49. The van der Waals surface area contributed by atoms with Crippen LogP contribution >= 0.6 is 0 Å². The maximum atomic E-state index is 11.3. The van der Waals surface area contributed by atoms with Gasteiger partial charge in [-0.1, -0.05) is 31.9 Å². The second-order valence-electron chi connectivity index (χ2n) is 5.08. The zero-order chi connectivity index (χ0) is 13.1. The average Bonchev–Trinajstić information content (AvgIpc) is 2.25. The van der Waals surface area contributed by atoms with Gasteiger partial charge < -0.3 is 4.74 Å². The highest BCUT2D eigenvalue weighted by atomic mass is 16.5. The van der Waals surface area contributed by atoms with E-state index in [4.69, 9.17) is 4.74 Å². The molecule has 0 aliphatic rings. The Kier molecular flexibility index (Phi) is 9.89. The first kappa shape index (κ1) is 16.2. The van der Waals surface area contributed by atoms with Crippen LogP contribution in [0, 0.1) is 5.92 Å². The molecule has 2 nitrogen and oxygen atoms in total. The summed E-state index contributed by atoms with van der Waals surface area (Å²) < 4.78 is 5.19. The van der Waals surface area contributed by atoms with Crippen LogP contribution in [0.4, 0.5) is 0 Å². The highest BCUT2D eigenvalue weighted by Crippen LogP contribution is 2.12. The molecule has 0 saturated carbocycles. The van der Waals surface area contributed by atoms with Gasteiger partial charge in [-0.05, 0) is 45.4 Å². The molecule has 0 fully saturated rings. The topological polar surface area (TPSA) is 26.3 Å². The first-order chi connectivity index (χ1) is 8.06. The van der Waals surface area contributed by atoms with Gasteiger partial charge >= 0.3 is 5.97 Å². The van der Waals surface area contributed by atoms with Gasteiger partial charge in [0.25, 0.3) is 0 Å². The van der Waals surface area contributed by atoms with Crippen molar-refractivity contribution >= 4 is 5.97 Å². The lowest BCUT2D eigenvalue weighted by atomic mass is 10.0. The molecule has 0 bridgehead atoms. The zero-order valence-corrected chi connectivity index (χ0v) is 11.9. The van der Waals surface area contributed by atoms with Crippen molar-refractivity contribution in [3.8, 4) is 0 Å². The van der Waals surface area contributed by atoms with E-state index in [1.165, 1.54) is 12.0 Å². The molecule has 0 aromatic heterocycles. The Hall–Kier alpha value is -0.790. The molecule has 1 atom stereocenters. The Morgan fingerprint density at radius 2 is 2.00 bits per heavy atom. The quantitative estimate of drug-likeness (QED) is 0.438. The van der Waals surface area contributed by atoms with Gasteiger partial charge in [-0.25, -0.2) is 0 Å². The van der Waals surface area contributed by atoms with Gasteiger partial charge in [0.2, 0.25) is 0 Å². The standard InChI is InChI=1S/C15H28O2/c1-5-6-10-15(16)17-12-11-14(4)9-7-8-13(2)3/h8,14H,5-7,9-12H2,1-4H3/t14-/m0/s1. The fourth-order valence-electron chi connectivity index (χ4n) is 1.57. The van der Waals surface area contributed by atoms with Crippen LogP contribution in [-0.4, -0.2) is 12.6 Å². The van der Waals surface area contributed by atoms with Gasteiger partial charge in [0.1, 0.15) is 0 Å². The molecular weight excluding hydrogens is 212 g/mol. The number of carbonyl (C=O) groups is 1. The van der Waals surface area contributed by atoms with Crippen molar-refractivity contribution < 1.29 is 9.53 Å². The van der Waals surface area contributed by atoms with Crippen molar-refractivity contribution in [1.82, 2.24) is 0 Å². The van der Waals surface area contributed by atoms with Gasteiger partial charge in [-0.2, -0.15) is 0 Å². The lowest BCUT2D eigenvalue weighted by Gasteiger charge is -2.10. The van der Waals surface area contributed by atoms with Crippen molar-refractivity contribution in [2.45, 2.75) is 66.2 Å². The van der Waals surface area contributed by atoms with E-state index in [0.29, 0.717) is 18.9 Å². The maximum absolute atomic E-state index is 11.3. The molecule has 0 N–H and O–H groups in total. The third-order valence-electron chi connectivity index (χ3n) is 2.82. The van der Waals surface area contributed by atoms with Crippen LogP contribution in [0.3, 0.4) is 0 Å². The molecule has 0 spiro atoms. The number of carbonyl (C=O) groups excluding carboxylic acids is 1. The minimum absolute atomic E-state index is 0.0386. The van der Waals surface area contributed by atoms with Gasteiger partial charge in [-0.15, -0.1) is 0 Å². The largest absolute Gasteiger partial charge is 0.466 e. The molecule has 0 aliphatic carbocycles. The number of allylic oxidation sites excluding steroid dienone is 2. The van der Waals surface area contributed by atoms with Crippen molar-refractivity contribution in [2.75, 3.05) is 6.61 Å². The summed E-state index contributed by atoms with van der Waals surface area (Å²) in [6.45, 7) is 9.14. The van der Waals surface area contributed by atoms with Gasteiger partial charge in [0, 0.05) is 6.42 Å². The minimum atomic E-state index is -0.0386. The SMILES string of the molecule is CCCCC(=O)OCC[C@@H](C)CCC=C(C)C. The molecule has 17 heavy (non-hydrogen) atoms. The maximum Gasteiger partial charge on any atom is 0.305 e. The molecule has 2 heteroatoms. The third kappa shape index (κ3) is 11.5. The minimum Gasteiger partial charge on any atom is -0.466 e. The van der Waals surface area contributed by atoms with Crippen LogP contribution in [0.5, 0.6) is 0 Å². The number of esters is 1. The van der Waals surface area contributed by atoms with Gasteiger partial charge in [-0.3, -0.25) is 4.79 Å². The van der Waals surface area contributed by atoms with E-state index in [1.54, 1.807) is 0 Å². The summed E-state index contributed by atoms with van der Waals surface area (Å²) in [6, 6.07) is 0. The molecule has 0 rings (SSSR count). The van der Waals surface area contributed by atoms with Crippen LogP contribution < -0.4 is 0 Å². The second-order valence-corrected chi connectivity index (χ2v) is 5.08. The molecule has 0 saturated heterocycles. The summed E-state index contributed by atoms with van der Waals surface area (Å²) in [4.78, 5) is 11.3. The number of rotatable bonds is 9. The third-order valence-corrected chi connectivity index (χ3v) is 2.82. The Labute approximate surface area is 106 Å². The first-order valence-corrected chi connectivity index (χ1v) is 6.85. The second kappa shape index (κ2) is 10.4. The Balaban J connectivity index is 3.47.